The van der Waals surface area contributed by atoms with Crippen LogP contribution in [0.3, 0.4) is 0 Å². The lowest BCUT2D eigenvalue weighted by Gasteiger charge is -2.10. The molecule has 5 aromatic rings. The van der Waals surface area contributed by atoms with Gasteiger partial charge < -0.3 is 4.57 Å². The van der Waals surface area contributed by atoms with Crippen LogP contribution >= 0.6 is 0 Å². The Balaban J connectivity index is 1.79. The van der Waals surface area contributed by atoms with Crippen molar-refractivity contribution in [2.24, 2.45) is 7.05 Å². The lowest BCUT2D eigenvalue weighted by atomic mass is 10.1. The van der Waals surface area contributed by atoms with E-state index in [2.05, 4.69) is 11.1 Å². The Morgan fingerprint density at radius 1 is 0.862 bits per heavy atom. The van der Waals surface area contributed by atoms with E-state index in [0.717, 1.165) is 22.0 Å². The summed E-state index contributed by atoms with van der Waals surface area (Å²) in [6.07, 6.45) is 4.28. The second-order valence-electron chi connectivity index (χ2n) is 7.12. The van der Waals surface area contributed by atoms with Crippen molar-refractivity contribution in [3.05, 3.63) is 96.6 Å². The molecular formula is C23H19N3O2S. The van der Waals surface area contributed by atoms with Crippen LogP contribution in [0.2, 0.25) is 0 Å². The van der Waals surface area contributed by atoms with Gasteiger partial charge in [-0.05, 0) is 29.8 Å². The summed E-state index contributed by atoms with van der Waals surface area (Å²) >= 11 is 0. The zero-order valence-electron chi connectivity index (χ0n) is 15.9. The van der Waals surface area contributed by atoms with Crippen molar-refractivity contribution < 1.29 is 8.42 Å². The van der Waals surface area contributed by atoms with Gasteiger partial charge in [0, 0.05) is 36.1 Å². The maximum Gasteiger partial charge on any atom is 0.268 e. The first-order valence-electron chi connectivity index (χ1n) is 9.33. The third kappa shape index (κ3) is 2.84. The second kappa shape index (κ2) is 6.60. The smallest absolute Gasteiger partial charge is 0.268 e. The Kier molecular flexibility index (Phi) is 4.03. The molecule has 144 valence electrons. The number of nitrogens with zero attached hydrogens (tertiary/aromatic N) is 3. The summed E-state index contributed by atoms with van der Waals surface area (Å²) in [4.78, 5) is 4.45. The van der Waals surface area contributed by atoms with Crippen LogP contribution in [0, 0.1) is 0 Å². The van der Waals surface area contributed by atoms with Crippen LogP contribution in [-0.4, -0.2) is 21.9 Å². The minimum Gasteiger partial charge on any atom is -0.337 e. The van der Waals surface area contributed by atoms with Gasteiger partial charge in [0.1, 0.15) is 0 Å². The van der Waals surface area contributed by atoms with E-state index in [0.29, 0.717) is 17.5 Å². The molecule has 6 heteroatoms. The molecule has 0 N–H and O–H groups in total. The maximum atomic E-state index is 13.6. The summed E-state index contributed by atoms with van der Waals surface area (Å²) in [5, 5.41) is 1.85. The number of hydrogen-bond donors (Lipinski definition) is 0. The van der Waals surface area contributed by atoms with E-state index in [1.54, 1.807) is 30.6 Å². The van der Waals surface area contributed by atoms with Gasteiger partial charge >= 0.3 is 0 Å². The Bertz CT molecular complexity index is 1450. The van der Waals surface area contributed by atoms with Gasteiger partial charge in [-0.15, -0.1) is 0 Å². The van der Waals surface area contributed by atoms with Crippen molar-refractivity contribution in [1.29, 1.82) is 0 Å². The lowest BCUT2D eigenvalue weighted by molar-refractivity contribution is 0.590. The van der Waals surface area contributed by atoms with Gasteiger partial charge in [0.25, 0.3) is 10.0 Å². The Morgan fingerprint density at radius 2 is 1.59 bits per heavy atom. The predicted molar refractivity (Wildman–Crippen MR) is 114 cm³/mol. The van der Waals surface area contributed by atoms with Crippen molar-refractivity contribution in [3.63, 3.8) is 0 Å². The first-order valence-corrected chi connectivity index (χ1v) is 10.8. The Hall–Kier alpha value is -3.38. The summed E-state index contributed by atoms with van der Waals surface area (Å²) in [6.45, 7) is 0. The number of imidazole rings is 1. The molecule has 0 aliphatic carbocycles. The van der Waals surface area contributed by atoms with Gasteiger partial charge in [0.2, 0.25) is 0 Å². The van der Waals surface area contributed by atoms with Gasteiger partial charge in [-0.2, -0.15) is 0 Å². The molecule has 0 aliphatic heterocycles. The van der Waals surface area contributed by atoms with E-state index < -0.39 is 10.0 Å². The minimum absolute atomic E-state index is 0.277. The molecule has 0 unspecified atom stereocenters. The fourth-order valence-corrected chi connectivity index (χ4v) is 5.35. The number of fused-ring (bicyclic) bond motifs is 3. The number of benzene rings is 3. The van der Waals surface area contributed by atoms with Crippen molar-refractivity contribution in [2.45, 2.75) is 11.3 Å². The Labute approximate surface area is 168 Å². The molecule has 0 saturated heterocycles. The highest BCUT2D eigenvalue weighted by atomic mass is 32.2. The van der Waals surface area contributed by atoms with Crippen molar-refractivity contribution in [3.8, 4) is 0 Å². The number of rotatable bonds is 4. The molecule has 5 nitrogen and oxygen atoms in total. The summed E-state index contributed by atoms with van der Waals surface area (Å²) in [5.41, 5.74) is 3.48. The van der Waals surface area contributed by atoms with E-state index in [9.17, 15) is 8.42 Å². The second-order valence-corrected chi connectivity index (χ2v) is 8.91. The molecule has 0 aliphatic rings. The summed E-state index contributed by atoms with van der Waals surface area (Å²) in [7, 11) is -1.78. The third-order valence-corrected chi connectivity index (χ3v) is 7.02. The normalized spacial score (nSPS) is 12.0. The van der Waals surface area contributed by atoms with Crippen molar-refractivity contribution in [2.75, 3.05) is 0 Å². The van der Waals surface area contributed by atoms with Gasteiger partial charge in [0.15, 0.2) is 0 Å². The van der Waals surface area contributed by atoms with Crippen molar-refractivity contribution in [1.82, 2.24) is 13.5 Å². The van der Waals surface area contributed by atoms with E-state index in [1.807, 2.05) is 60.3 Å². The van der Waals surface area contributed by atoms with E-state index in [-0.39, 0.29) is 4.90 Å². The lowest BCUT2D eigenvalue weighted by Crippen LogP contribution is -2.12. The molecular weight excluding hydrogens is 382 g/mol. The maximum absolute atomic E-state index is 13.6. The number of para-hydroxylation sites is 1. The monoisotopic (exact) mass is 401 g/mol. The molecule has 3 aromatic carbocycles. The highest BCUT2D eigenvalue weighted by Crippen LogP contribution is 2.33. The SMILES string of the molecule is Cn1cncc1Cc1ccc2c3ccccc3n(S(=O)(=O)c3ccccc3)c2c1. The average Bonchev–Trinajstić information content (AvgIpc) is 3.29. The fraction of sp³-hybridized carbons (Fsp3) is 0.0870. The molecule has 2 aromatic heterocycles. The van der Waals surface area contributed by atoms with Crippen LogP contribution in [0.15, 0.2) is 90.2 Å². The summed E-state index contributed by atoms with van der Waals surface area (Å²) in [6, 6.07) is 22.3. The molecule has 2 heterocycles. The highest BCUT2D eigenvalue weighted by Gasteiger charge is 2.23. The molecule has 0 saturated carbocycles. The fourth-order valence-electron chi connectivity index (χ4n) is 3.81. The van der Waals surface area contributed by atoms with Crippen LogP contribution in [-0.2, 0) is 23.5 Å². The van der Waals surface area contributed by atoms with E-state index in [4.69, 9.17) is 0 Å². The molecule has 0 amide bonds. The Morgan fingerprint density at radius 3 is 2.34 bits per heavy atom. The minimum atomic E-state index is -3.74. The van der Waals surface area contributed by atoms with E-state index >= 15 is 0 Å². The summed E-state index contributed by atoms with van der Waals surface area (Å²) < 4.78 is 30.6. The first-order chi connectivity index (χ1) is 14.1. The van der Waals surface area contributed by atoms with Gasteiger partial charge in [-0.1, -0.05) is 48.5 Å². The molecule has 0 spiro atoms. The topological polar surface area (TPSA) is 56.9 Å². The van der Waals surface area contributed by atoms with Gasteiger partial charge in [-0.25, -0.2) is 17.4 Å². The molecule has 5 rings (SSSR count). The highest BCUT2D eigenvalue weighted by molar-refractivity contribution is 7.90. The van der Waals surface area contributed by atoms with Crippen LogP contribution < -0.4 is 0 Å². The molecule has 0 bridgehead atoms. The molecule has 29 heavy (non-hydrogen) atoms. The third-order valence-electron chi connectivity index (χ3n) is 5.28. The zero-order chi connectivity index (χ0) is 20.0. The molecule has 0 atom stereocenters. The van der Waals surface area contributed by atoms with Crippen LogP contribution in [0.5, 0.6) is 0 Å². The quantitative estimate of drug-likeness (QED) is 0.450. The van der Waals surface area contributed by atoms with Gasteiger partial charge in [0.05, 0.1) is 22.3 Å². The van der Waals surface area contributed by atoms with E-state index in [1.165, 1.54) is 3.97 Å². The molecule has 0 radical (unpaired) electrons. The number of hydrogen-bond acceptors (Lipinski definition) is 3. The molecule has 0 fully saturated rings. The van der Waals surface area contributed by atoms with Crippen molar-refractivity contribution >= 4 is 31.8 Å². The zero-order valence-corrected chi connectivity index (χ0v) is 16.7. The summed E-state index contributed by atoms with van der Waals surface area (Å²) in [5.74, 6) is 0. The van der Waals surface area contributed by atoms with Crippen LogP contribution in [0.25, 0.3) is 21.8 Å². The largest absolute Gasteiger partial charge is 0.337 e. The average molecular weight is 401 g/mol. The number of aryl methyl sites for hydroxylation is 1. The predicted octanol–water partition coefficient (Wildman–Crippen LogP) is 4.36. The standard InChI is InChI=1S/C23H19N3O2S/c1-25-16-24-15-18(25)13-17-11-12-21-20-9-5-6-10-22(20)26(23(21)14-17)29(27,28)19-7-3-2-4-8-19/h2-12,14-16H,13H2,1H3. The number of aromatic nitrogens is 3. The van der Waals surface area contributed by atoms with Crippen LogP contribution in [0.1, 0.15) is 11.3 Å². The van der Waals surface area contributed by atoms with Crippen LogP contribution in [0.4, 0.5) is 0 Å². The van der Waals surface area contributed by atoms with Gasteiger partial charge in [-0.3, -0.25) is 0 Å². The first kappa shape index (κ1) is 17.7.